The minimum atomic E-state index is 0.0120. The van der Waals surface area contributed by atoms with Crippen LogP contribution in [0.15, 0.2) is 30.3 Å². The molecule has 21 heavy (non-hydrogen) atoms. The summed E-state index contributed by atoms with van der Waals surface area (Å²) < 4.78 is 5.27. The van der Waals surface area contributed by atoms with Crippen molar-refractivity contribution in [3.63, 3.8) is 0 Å². The topological polar surface area (TPSA) is 24.5 Å². The molecule has 2 rings (SSSR count). The number of methoxy groups -OCH3 is 1. The van der Waals surface area contributed by atoms with Crippen LogP contribution in [-0.4, -0.2) is 43.3 Å². The molecule has 0 radical (unpaired) electrons. The van der Waals surface area contributed by atoms with Crippen molar-refractivity contribution in [3.8, 4) is 0 Å². The number of piperazine rings is 1. The molecule has 0 amide bonds. The molecule has 1 aromatic rings. The van der Waals surface area contributed by atoms with Gasteiger partial charge >= 0.3 is 0 Å². The van der Waals surface area contributed by atoms with E-state index < -0.39 is 0 Å². The van der Waals surface area contributed by atoms with Crippen molar-refractivity contribution in [3.05, 3.63) is 35.9 Å². The van der Waals surface area contributed by atoms with Crippen molar-refractivity contribution < 1.29 is 4.74 Å². The molecular formula is C18H30N2O. The summed E-state index contributed by atoms with van der Waals surface area (Å²) in [5.74, 6) is 0. The Morgan fingerprint density at radius 1 is 1.24 bits per heavy atom. The first-order chi connectivity index (χ1) is 9.89. The SMILES string of the molecule is COCCC(C)N1CC(C)(c2ccccc2)NCC1(C)C. The van der Waals surface area contributed by atoms with E-state index in [-0.39, 0.29) is 11.1 Å². The summed E-state index contributed by atoms with van der Waals surface area (Å²) in [4.78, 5) is 2.63. The molecule has 1 N–H and O–H groups in total. The van der Waals surface area contributed by atoms with E-state index in [9.17, 15) is 0 Å². The van der Waals surface area contributed by atoms with Gasteiger partial charge in [0.15, 0.2) is 0 Å². The van der Waals surface area contributed by atoms with E-state index in [1.165, 1.54) is 5.56 Å². The van der Waals surface area contributed by atoms with Crippen molar-refractivity contribution in [2.75, 3.05) is 26.8 Å². The first kappa shape index (κ1) is 16.5. The summed E-state index contributed by atoms with van der Waals surface area (Å²) in [5.41, 5.74) is 1.55. The monoisotopic (exact) mass is 290 g/mol. The van der Waals surface area contributed by atoms with Crippen LogP contribution in [0.2, 0.25) is 0 Å². The second-order valence-electron chi connectivity index (χ2n) is 7.12. The normalized spacial score (nSPS) is 27.5. The smallest absolute Gasteiger partial charge is 0.0535 e. The Bertz CT molecular complexity index is 446. The lowest BCUT2D eigenvalue weighted by atomic mass is 9.83. The number of nitrogens with zero attached hydrogens (tertiary/aromatic N) is 1. The van der Waals surface area contributed by atoms with E-state index in [0.29, 0.717) is 6.04 Å². The van der Waals surface area contributed by atoms with E-state index in [2.05, 4.69) is 68.2 Å². The summed E-state index contributed by atoms with van der Waals surface area (Å²) in [6.45, 7) is 12.1. The minimum absolute atomic E-state index is 0.0120. The second kappa shape index (κ2) is 6.47. The average molecular weight is 290 g/mol. The van der Waals surface area contributed by atoms with Gasteiger partial charge < -0.3 is 10.1 Å². The number of hydrogen-bond acceptors (Lipinski definition) is 3. The Morgan fingerprint density at radius 3 is 2.52 bits per heavy atom. The molecule has 118 valence electrons. The first-order valence-electron chi connectivity index (χ1n) is 7.95. The lowest BCUT2D eigenvalue weighted by Gasteiger charge is -2.53. The predicted molar refractivity (Wildman–Crippen MR) is 88.5 cm³/mol. The molecule has 1 fully saturated rings. The highest BCUT2D eigenvalue weighted by atomic mass is 16.5. The van der Waals surface area contributed by atoms with Gasteiger partial charge in [-0.05, 0) is 39.7 Å². The van der Waals surface area contributed by atoms with Crippen LogP contribution in [0.5, 0.6) is 0 Å². The fraction of sp³-hybridized carbons (Fsp3) is 0.667. The Morgan fingerprint density at radius 2 is 1.90 bits per heavy atom. The number of rotatable bonds is 5. The summed E-state index contributed by atoms with van der Waals surface area (Å²) >= 11 is 0. The van der Waals surface area contributed by atoms with Crippen LogP contribution < -0.4 is 5.32 Å². The van der Waals surface area contributed by atoms with Crippen LogP contribution in [0.25, 0.3) is 0 Å². The molecule has 1 aromatic carbocycles. The van der Waals surface area contributed by atoms with Gasteiger partial charge in [-0.15, -0.1) is 0 Å². The lowest BCUT2D eigenvalue weighted by Crippen LogP contribution is -2.67. The molecule has 3 heteroatoms. The van der Waals surface area contributed by atoms with Crippen LogP contribution in [0.1, 0.15) is 39.7 Å². The molecule has 0 saturated carbocycles. The van der Waals surface area contributed by atoms with Gasteiger partial charge in [0.2, 0.25) is 0 Å². The van der Waals surface area contributed by atoms with Crippen molar-refractivity contribution in [1.82, 2.24) is 10.2 Å². The molecule has 0 aromatic heterocycles. The van der Waals surface area contributed by atoms with Crippen LogP contribution in [0.3, 0.4) is 0 Å². The van der Waals surface area contributed by atoms with Crippen molar-refractivity contribution in [1.29, 1.82) is 0 Å². The van der Waals surface area contributed by atoms with Crippen molar-refractivity contribution >= 4 is 0 Å². The van der Waals surface area contributed by atoms with Gasteiger partial charge in [0, 0.05) is 38.4 Å². The Balaban J connectivity index is 2.19. The lowest BCUT2D eigenvalue weighted by molar-refractivity contribution is -0.00759. The fourth-order valence-electron chi connectivity index (χ4n) is 3.32. The third kappa shape index (κ3) is 3.65. The maximum atomic E-state index is 5.27. The number of nitrogens with one attached hydrogen (secondary N) is 1. The van der Waals surface area contributed by atoms with Crippen LogP contribution in [0, 0.1) is 0 Å². The summed E-state index contributed by atoms with van der Waals surface area (Å²) in [6, 6.07) is 11.3. The number of benzene rings is 1. The molecular weight excluding hydrogens is 260 g/mol. The maximum Gasteiger partial charge on any atom is 0.0535 e. The molecule has 1 saturated heterocycles. The molecule has 0 aliphatic carbocycles. The highest BCUT2D eigenvalue weighted by Crippen LogP contribution is 2.32. The predicted octanol–water partition coefficient (Wildman–Crippen LogP) is 3.01. The van der Waals surface area contributed by atoms with E-state index in [0.717, 1.165) is 26.1 Å². The molecule has 1 heterocycles. The van der Waals surface area contributed by atoms with E-state index in [4.69, 9.17) is 4.74 Å². The zero-order chi connectivity index (χ0) is 15.5. The zero-order valence-corrected chi connectivity index (χ0v) is 14.1. The Labute approximate surface area is 129 Å². The quantitative estimate of drug-likeness (QED) is 0.902. The Kier molecular flexibility index (Phi) is 5.07. The highest BCUT2D eigenvalue weighted by Gasteiger charge is 2.42. The third-order valence-corrected chi connectivity index (χ3v) is 4.86. The van der Waals surface area contributed by atoms with Crippen LogP contribution >= 0.6 is 0 Å². The van der Waals surface area contributed by atoms with Gasteiger partial charge in [-0.1, -0.05) is 30.3 Å². The molecule has 3 nitrogen and oxygen atoms in total. The molecule has 2 unspecified atom stereocenters. The maximum absolute atomic E-state index is 5.27. The highest BCUT2D eigenvalue weighted by molar-refractivity contribution is 5.25. The van der Waals surface area contributed by atoms with E-state index in [1.807, 2.05) is 0 Å². The second-order valence-corrected chi connectivity index (χ2v) is 7.12. The first-order valence-corrected chi connectivity index (χ1v) is 7.95. The molecule has 1 aliphatic rings. The van der Waals surface area contributed by atoms with Crippen LogP contribution in [0.4, 0.5) is 0 Å². The molecule has 0 spiro atoms. The molecule has 2 atom stereocenters. The standard InChI is InChI=1S/C18H30N2O/c1-15(11-12-21-5)20-14-18(4,19-13-17(20,2)3)16-9-7-6-8-10-16/h6-10,15,19H,11-14H2,1-5H3. The third-order valence-electron chi connectivity index (χ3n) is 4.86. The minimum Gasteiger partial charge on any atom is -0.385 e. The Hall–Kier alpha value is -0.900. The largest absolute Gasteiger partial charge is 0.385 e. The summed E-state index contributed by atoms with van der Waals surface area (Å²) in [6.07, 6.45) is 1.07. The fourth-order valence-corrected chi connectivity index (χ4v) is 3.32. The molecule has 1 aliphatic heterocycles. The summed E-state index contributed by atoms with van der Waals surface area (Å²) in [7, 11) is 1.78. The van der Waals surface area contributed by atoms with E-state index in [1.54, 1.807) is 7.11 Å². The summed E-state index contributed by atoms with van der Waals surface area (Å²) in [5, 5.41) is 3.77. The van der Waals surface area contributed by atoms with Crippen LogP contribution in [-0.2, 0) is 10.3 Å². The van der Waals surface area contributed by atoms with Gasteiger partial charge in [0.05, 0.1) is 5.54 Å². The average Bonchev–Trinajstić information content (AvgIpc) is 2.48. The molecule has 0 bridgehead atoms. The van der Waals surface area contributed by atoms with E-state index >= 15 is 0 Å². The zero-order valence-electron chi connectivity index (χ0n) is 14.1. The van der Waals surface area contributed by atoms with Gasteiger partial charge in [-0.2, -0.15) is 0 Å². The number of ether oxygens (including phenoxy) is 1. The van der Waals surface area contributed by atoms with Crippen molar-refractivity contribution in [2.24, 2.45) is 0 Å². The number of hydrogen-bond donors (Lipinski definition) is 1. The van der Waals surface area contributed by atoms with Gasteiger partial charge in [0.25, 0.3) is 0 Å². The van der Waals surface area contributed by atoms with Gasteiger partial charge in [-0.3, -0.25) is 4.90 Å². The van der Waals surface area contributed by atoms with Crippen molar-refractivity contribution in [2.45, 2.75) is 51.2 Å². The van der Waals surface area contributed by atoms with Gasteiger partial charge in [-0.25, -0.2) is 0 Å². The van der Waals surface area contributed by atoms with Gasteiger partial charge in [0.1, 0.15) is 0 Å².